The zero-order chi connectivity index (χ0) is 13.9. The van der Waals surface area contributed by atoms with Crippen LogP contribution in [0.2, 0.25) is 0 Å². The Balaban J connectivity index is 2.14. The molecule has 1 rings (SSSR count). The molecule has 1 aromatic carbocycles. The van der Waals surface area contributed by atoms with E-state index in [0.29, 0.717) is 12.5 Å². The van der Waals surface area contributed by atoms with Crippen LogP contribution in [0.4, 0.5) is 0 Å². The van der Waals surface area contributed by atoms with Crippen LogP contribution >= 0.6 is 0 Å². The highest BCUT2D eigenvalue weighted by Gasteiger charge is 2.00. The maximum Gasteiger partial charge on any atom is 0.118 e. The fourth-order valence-electron chi connectivity index (χ4n) is 1.72. The number of hydrogen-bond acceptors (Lipinski definition) is 3. The predicted molar refractivity (Wildman–Crippen MR) is 77.3 cm³/mol. The Kier molecular flexibility index (Phi) is 7.94. The second-order valence-corrected chi connectivity index (χ2v) is 4.68. The zero-order valence-corrected chi connectivity index (χ0v) is 11.8. The number of benzene rings is 1. The fourth-order valence-corrected chi connectivity index (χ4v) is 1.72. The van der Waals surface area contributed by atoms with Crippen molar-refractivity contribution in [3.05, 3.63) is 42.0 Å². The maximum atomic E-state index is 8.64. The number of hydrogen-bond donors (Lipinski definition) is 1. The first kappa shape index (κ1) is 15.7. The molecule has 0 heterocycles. The van der Waals surface area contributed by atoms with Gasteiger partial charge in [-0.25, -0.2) is 0 Å². The van der Waals surface area contributed by atoms with Crippen molar-refractivity contribution in [1.82, 2.24) is 0 Å². The van der Waals surface area contributed by atoms with Crippen molar-refractivity contribution >= 4 is 0 Å². The van der Waals surface area contributed by atoms with Crippen molar-refractivity contribution in [3.8, 4) is 5.75 Å². The Morgan fingerprint density at radius 2 is 1.95 bits per heavy atom. The molecule has 0 saturated heterocycles. The van der Waals surface area contributed by atoms with E-state index in [4.69, 9.17) is 14.6 Å². The molecule has 0 fully saturated rings. The summed E-state index contributed by atoms with van der Waals surface area (Å²) >= 11 is 0. The molecule has 0 radical (unpaired) electrons. The molecule has 19 heavy (non-hydrogen) atoms. The highest BCUT2D eigenvalue weighted by Crippen LogP contribution is 2.13. The van der Waals surface area contributed by atoms with Gasteiger partial charge in [-0.05, 0) is 36.5 Å². The first-order valence-electron chi connectivity index (χ1n) is 6.72. The minimum atomic E-state index is 0.126. The van der Waals surface area contributed by atoms with Crippen molar-refractivity contribution < 1.29 is 14.6 Å². The molecule has 0 aliphatic heterocycles. The molecule has 0 spiro atoms. The molecule has 1 atom stereocenters. The number of aliphatic hydroxyl groups is 1. The molecule has 3 nitrogen and oxygen atoms in total. The van der Waals surface area contributed by atoms with E-state index in [0.717, 1.165) is 30.8 Å². The number of ether oxygens (including phenoxy) is 2. The summed E-state index contributed by atoms with van der Waals surface area (Å²) in [6.07, 6.45) is 5.83. The average molecular weight is 264 g/mol. The smallest absolute Gasteiger partial charge is 0.118 e. The van der Waals surface area contributed by atoms with E-state index in [1.807, 2.05) is 30.3 Å². The van der Waals surface area contributed by atoms with Crippen LogP contribution in [0, 0.1) is 5.92 Å². The summed E-state index contributed by atoms with van der Waals surface area (Å²) in [6.45, 7) is 3.72. The Hall–Kier alpha value is -1.32. The van der Waals surface area contributed by atoms with Crippen LogP contribution in [0.3, 0.4) is 0 Å². The minimum absolute atomic E-state index is 0.126. The lowest BCUT2D eigenvalue weighted by Crippen LogP contribution is -2.01. The van der Waals surface area contributed by atoms with Crippen LogP contribution in [0.5, 0.6) is 5.75 Å². The van der Waals surface area contributed by atoms with Gasteiger partial charge in [0.05, 0.1) is 20.3 Å². The quantitative estimate of drug-likeness (QED) is 0.550. The van der Waals surface area contributed by atoms with Crippen molar-refractivity contribution in [2.45, 2.75) is 26.4 Å². The summed E-state index contributed by atoms with van der Waals surface area (Å²) in [7, 11) is 1.66. The Morgan fingerprint density at radius 3 is 2.58 bits per heavy atom. The molecule has 0 saturated carbocycles. The van der Waals surface area contributed by atoms with Gasteiger partial charge >= 0.3 is 0 Å². The summed E-state index contributed by atoms with van der Waals surface area (Å²) < 4.78 is 10.8. The highest BCUT2D eigenvalue weighted by molar-refractivity contribution is 5.26. The van der Waals surface area contributed by atoms with Gasteiger partial charge in [0, 0.05) is 6.61 Å². The summed E-state index contributed by atoms with van der Waals surface area (Å²) in [4.78, 5) is 0. The van der Waals surface area contributed by atoms with Gasteiger partial charge in [0.25, 0.3) is 0 Å². The normalized spacial score (nSPS) is 12.8. The molecule has 0 bridgehead atoms. The monoisotopic (exact) mass is 264 g/mol. The summed E-state index contributed by atoms with van der Waals surface area (Å²) in [5.41, 5.74) is 1.16. The van der Waals surface area contributed by atoms with Crippen molar-refractivity contribution in [2.24, 2.45) is 5.92 Å². The van der Waals surface area contributed by atoms with Gasteiger partial charge in [0.2, 0.25) is 0 Å². The van der Waals surface area contributed by atoms with Crippen LogP contribution < -0.4 is 4.74 Å². The number of rotatable bonds is 9. The Labute approximate surface area is 115 Å². The molecule has 0 amide bonds. The lowest BCUT2D eigenvalue weighted by Gasteiger charge is -2.09. The van der Waals surface area contributed by atoms with Crippen LogP contribution in [0.25, 0.3) is 0 Å². The van der Waals surface area contributed by atoms with Gasteiger partial charge in [-0.2, -0.15) is 0 Å². The predicted octanol–water partition coefficient (Wildman–Crippen LogP) is 3.18. The molecule has 0 aliphatic carbocycles. The first-order chi connectivity index (χ1) is 9.26. The number of aliphatic hydroxyl groups excluding tert-OH is 1. The molecule has 0 aliphatic rings. The molecular weight excluding hydrogens is 240 g/mol. The van der Waals surface area contributed by atoms with Gasteiger partial charge < -0.3 is 14.6 Å². The summed E-state index contributed by atoms with van der Waals surface area (Å²) in [5, 5.41) is 8.64. The van der Waals surface area contributed by atoms with Crippen LogP contribution in [-0.4, -0.2) is 25.4 Å². The first-order valence-corrected chi connectivity index (χ1v) is 6.72. The van der Waals surface area contributed by atoms with Crippen molar-refractivity contribution in [2.75, 3.05) is 20.3 Å². The topological polar surface area (TPSA) is 38.7 Å². The van der Waals surface area contributed by atoms with Gasteiger partial charge in [-0.15, -0.1) is 0 Å². The lowest BCUT2D eigenvalue weighted by atomic mass is 10.0. The fraction of sp³-hybridized carbons (Fsp3) is 0.500. The van der Waals surface area contributed by atoms with Gasteiger partial charge in [-0.1, -0.05) is 31.2 Å². The van der Waals surface area contributed by atoms with E-state index < -0.39 is 0 Å². The van der Waals surface area contributed by atoms with Crippen LogP contribution in [0.1, 0.15) is 25.3 Å². The largest absolute Gasteiger partial charge is 0.497 e. The third-order valence-corrected chi connectivity index (χ3v) is 2.99. The summed E-state index contributed by atoms with van der Waals surface area (Å²) in [6, 6.07) is 7.93. The second kappa shape index (κ2) is 9.59. The Morgan fingerprint density at radius 1 is 1.21 bits per heavy atom. The molecule has 3 heteroatoms. The van der Waals surface area contributed by atoms with Crippen molar-refractivity contribution in [3.63, 3.8) is 0 Å². The van der Waals surface area contributed by atoms with E-state index in [1.165, 1.54) is 0 Å². The lowest BCUT2D eigenvalue weighted by molar-refractivity contribution is 0.109. The van der Waals surface area contributed by atoms with Gasteiger partial charge in [-0.3, -0.25) is 0 Å². The SMILES string of the molecule is COc1ccc(COCC[C@@H](C)C/C=C\CO)cc1. The van der Waals surface area contributed by atoms with Crippen molar-refractivity contribution in [1.29, 1.82) is 0 Å². The maximum absolute atomic E-state index is 8.64. The standard InChI is InChI=1S/C16H24O3/c1-14(5-3-4-11-17)10-12-19-13-15-6-8-16(18-2)9-7-15/h3-4,6-9,14,17H,5,10-13H2,1-2H3/b4-3-/t14-/m0/s1. The average Bonchev–Trinajstić information content (AvgIpc) is 2.44. The third kappa shape index (κ3) is 6.99. The van der Waals surface area contributed by atoms with Crippen LogP contribution in [0.15, 0.2) is 36.4 Å². The van der Waals surface area contributed by atoms with E-state index >= 15 is 0 Å². The third-order valence-electron chi connectivity index (χ3n) is 2.99. The van der Waals surface area contributed by atoms with Gasteiger partial charge in [0.1, 0.15) is 5.75 Å². The molecular formula is C16H24O3. The van der Waals surface area contributed by atoms with E-state index in [9.17, 15) is 0 Å². The highest BCUT2D eigenvalue weighted by atomic mass is 16.5. The van der Waals surface area contributed by atoms with E-state index in [2.05, 4.69) is 6.92 Å². The molecule has 0 unspecified atom stereocenters. The second-order valence-electron chi connectivity index (χ2n) is 4.68. The Bertz CT molecular complexity index is 357. The van der Waals surface area contributed by atoms with Crippen LogP contribution in [-0.2, 0) is 11.3 Å². The molecule has 1 N–H and O–H groups in total. The number of methoxy groups -OCH3 is 1. The zero-order valence-electron chi connectivity index (χ0n) is 11.8. The minimum Gasteiger partial charge on any atom is -0.497 e. The molecule has 1 aromatic rings. The molecule has 0 aromatic heterocycles. The van der Waals surface area contributed by atoms with E-state index in [1.54, 1.807) is 13.2 Å². The summed E-state index contributed by atoms with van der Waals surface area (Å²) in [5.74, 6) is 1.45. The van der Waals surface area contributed by atoms with E-state index in [-0.39, 0.29) is 6.61 Å². The van der Waals surface area contributed by atoms with Gasteiger partial charge in [0.15, 0.2) is 0 Å². The molecule has 106 valence electrons. The number of allylic oxidation sites excluding steroid dienone is 1.